The van der Waals surface area contributed by atoms with Gasteiger partial charge in [-0.05, 0) is 24.6 Å². The molecule has 8 nitrogen and oxygen atoms in total. The lowest BCUT2D eigenvalue weighted by Gasteiger charge is -2.32. The maximum absolute atomic E-state index is 14.9. The molecule has 1 fully saturated rings. The van der Waals surface area contributed by atoms with E-state index >= 15 is 0 Å². The third-order valence-corrected chi connectivity index (χ3v) is 5.31. The summed E-state index contributed by atoms with van der Waals surface area (Å²) in [4.78, 5) is 31.7. The van der Waals surface area contributed by atoms with Crippen molar-refractivity contribution in [3.05, 3.63) is 53.4 Å². The highest BCUT2D eigenvalue weighted by Crippen LogP contribution is 2.33. The van der Waals surface area contributed by atoms with Gasteiger partial charge in [-0.3, -0.25) is 0 Å². The normalized spacial score (nSPS) is 16.1. The van der Waals surface area contributed by atoms with Crippen molar-refractivity contribution in [1.29, 1.82) is 0 Å². The molecule has 2 aromatic heterocycles. The summed E-state index contributed by atoms with van der Waals surface area (Å²) in [5, 5.41) is 0. The van der Waals surface area contributed by atoms with Crippen molar-refractivity contribution in [3.8, 4) is 11.3 Å². The number of morpholine rings is 1. The van der Waals surface area contributed by atoms with Crippen molar-refractivity contribution in [1.82, 2.24) is 14.3 Å². The van der Waals surface area contributed by atoms with E-state index in [0.29, 0.717) is 24.5 Å². The number of imidazole rings is 1. The van der Waals surface area contributed by atoms with Gasteiger partial charge in [0.15, 0.2) is 0 Å². The number of nitrogens with zero attached hydrogens (tertiary/aromatic N) is 4. The number of aliphatic imine (C=N–C) groups is 1. The van der Waals surface area contributed by atoms with Crippen LogP contribution >= 0.6 is 0 Å². The minimum absolute atomic E-state index is 0.117. The number of carbonyl (C=O) groups excluding carboxylic acids is 2. The predicted octanol–water partition coefficient (Wildman–Crippen LogP) is 3.56. The number of carbonyl (C=O) groups is 1. The van der Waals surface area contributed by atoms with Crippen molar-refractivity contribution in [3.63, 3.8) is 0 Å². The molecule has 10 heteroatoms. The molecule has 1 amide bonds. The Morgan fingerprint density at radius 2 is 2.09 bits per heavy atom. The zero-order chi connectivity index (χ0) is 22.8. The largest absolute Gasteiger partial charge is 0.453 e. The number of hydrogen-bond donors (Lipinski definition) is 0. The molecule has 0 N–H and O–H groups in total. The highest BCUT2D eigenvalue weighted by Gasteiger charge is 2.29. The second-order valence-corrected chi connectivity index (χ2v) is 7.44. The average molecular weight is 442 g/mol. The second-order valence-electron chi connectivity index (χ2n) is 7.44. The van der Waals surface area contributed by atoms with Crippen LogP contribution in [0.3, 0.4) is 0 Å². The third-order valence-electron chi connectivity index (χ3n) is 5.31. The molecule has 166 valence electrons. The van der Waals surface area contributed by atoms with E-state index in [9.17, 15) is 18.4 Å². The standard InChI is InChI=1S/C22H20F2N4O4/c1-13-3-4-28-18(10-15-11-27(5-6-32-15)22(30)31-2)21(26-19(28)7-13)20-16(23)8-14(25-12-29)9-17(20)24/h3-4,7-9,15H,5-6,10-11H2,1-2H3. The number of ether oxygens (including phenoxy) is 2. The first-order chi connectivity index (χ1) is 15.4. The molecule has 1 unspecified atom stereocenters. The van der Waals surface area contributed by atoms with Crippen LogP contribution in [0.1, 0.15) is 11.3 Å². The Labute approximate surface area is 182 Å². The van der Waals surface area contributed by atoms with Crippen LogP contribution in [-0.2, 0) is 20.7 Å². The van der Waals surface area contributed by atoms with Gasteiger partial charge < -0.3 is 18.8 Å². The fraction of sp³-hybridized carbons (Fsp3) is 0.318. The summed E-state index contributed by atoms with van der Waals surface area (Å²) in [6, 6.07) is 5.58. The first-order valence-corrected chi connectivity index (χ1v) is 9.90. The molecule has 3 heterocycles. The molecule has 0 radical (unpaired) electrons. The fourth-order valence-electron chi connectivity index (χ4n) is 3.85. The predicted molar refractivity (Wildman–Crippen MR) is 110 cm³/mol. The molecule has 0 spiro atoms. The summed E-state index contributed by atoms with van der Waals surface area (Å²) in [5.41, 5.74) is 1.59. The molecule has 1 aliphatic heterocycles. The molecule has 1 atom stereocenters. The van der Waals surface area contributed by atoms with Crippen LogP contribution < -0.4 is 0 Å². The number of methoxy groups -OCH3 is 1. The molecular formula is C22H20F2N4O4. The summed E-state index contributed by atoms with van der Waals surface area (Å²) < 4.78 is 42.2. The zero-order valence-corrected chi connectivity index (χ0v) is 17.5. The average Bonchev–Trinajstić information content (AvgIpc) is 3.10. The van der Waals surface area contributed by atoms with Gasteiger partial charge in [-0.2, -0.15) is 4.99 Å². The maximum atomic E-state index is 14.9. The van der Waals surface area contributed by atoms with E-state index < -0.39 is 23.8 Å². The number of benzene rings is 1. The summed E-state index contributed by atoms with van der Waals surface area (Å²) in [5.74, 6) is -1.80. The van der Waals surface area contributed by atoms with E-state index in [4.69, 9.17) is 9.47 Å². The first kappa shape index (κ1) is 21.6. The van der Waals surface area contributed by atoms with Gasteiger partial charge in [0, 0.05) is 31.3 Å². The van der Waals surface area contributed by atoms with E-state index in [1.165, 1.54) is 18.1 Å². The van der Waals surface area contributed by atoms with Gasteiger partial charge in [-0.1, -0.05) is 0 Å². The number of aromatic nitrogens is 2. The molecule has 4 rings (SSSR count). The third kappa shape index (κ3) is 4.10. The van der Waals surface area contributed by atoms with Crippen LogP contribution in [0.15, 0.2) is 35.5 Å². The summed E-state index contributed by atoms with van der Waals surface area (Å²) in [6.07, 6.45) is 2.41. The SMILES string of the molecule is COC(=O)N1CCOC(Cc2c(-c3c(F)cc(N=C=O)cc3F)nc3cc(C)ccn23)C1. The Balaban J connectivity index is 1.80. The molecular weight excluding hydrogens is 422 g/mol. The summed E-state index contributed by atoms with van der Waals surface area (Å²) in [6.45, 7) is 2.86. The Hall–Kier alpha value is -3.62. The highest BCUT2D eigenvalue weighted by atomic mass is 19.1. The number of hydrogen-bond acceptors (Lipinski definition) is 6. The Morgan fingerprint density at radius 3 is 2.78 bits per heavy atom. The molecule has 32 heavy (non-hydrogen) atoms. The number of isocyanates is 1. The lowest BCUT2D eigenvalue weighted by molar-refractivity contribution is -0.0241. The van der Waals surface area contributed by atoms with Gasteiger partial charge in [0.2, 0.25) is 6.08 Å². The van der Waals surface area contributed by atoms with Crippen LogP contribution in [0, 0.1) is 18.6 Å². The molecule has 1 aliphatic rings. The minimum Gasteiger partial charge on any atom is -0.453 e. The lowest BCUT2D eigenvalue weighted by atomic mass is 10.0. The Bertz CT molecular complexity index is 1210. The van der Waals surface area contributed by atoms with Crippen molar-refractivity contribution >= 4 is 23.5 Å². The van der Waals surface area contributed by atoms with Gasteiger partial charge >= 0.3 is 6.09 Å². The number of fused-ring (bicyclic) bond motifs is 1. The van der Waals surface area contributed by atoms with Crippen LogP contribution in [0.25, 0.3) is 16.9 Å². The molecule has 0 bridgehead atoms. The number of aryl methyl sites for hydroxylation is 1. The number of rotatable bonds is 4. The molecule has 0 saturated carbocycles. The van der Waals surface area contributed by atoms with E-state index in [0.717, 1.165) is 17.7 Å². The van der Waals surface area contributed by atoms with E-state index in [1.807, 2.05) is 13.0 Å². The molecule has 0 aliphatic carbocycles. The quantitative estimate of drug-likeness (QED) is 0.456. The number of halogens is 2. The van der Waals surface area contributed by atoms with Crippen molar-refractivity contribution in [2.75, 3.05) is 26.8 Å². The maximum Gasteiger partial charge on any atom is 0.409 e. The van der Waals surface area contributed by atoms with Gasteiger partial charge in [0.05, 0.1) is 49.0 Å². The summed E-state index contributed by atoms with van der Waals surface area (Å²) >= 11 is 0. The smallest absolute Gasteiger partial charge is 0.409 e. The van der Waals surface area contributed by atoms with Crippen molar-refractivity contribution in [2.24, 2.45) is 4.99 Å². The van der Waals surface area contributed by atoms with Crippen molar-refractivity contribution < 1.29 is 27.8 Å². The van der Waals surface area contributed by atoms with E-state index in [-0.39, 0.29) is 29.9 Å². The zero-order valence-electron chi connectivity index (χ0n) is 17.5. The molecule has 3 aromatic rings. The van der Waals surface area contributed by atoms with Gasteiger partial charge in [0.1, 0.15) is 17.3 Å². The fourth-order valence-corrected chi connectivity index (χ4v) is 3.85. The second kappa shape index (κ2) is 8.86. The van der Waals surface area contributed by atoms with Crippen molar-refractivity contribution in [2.45, 2.75) is 19.4 Å². The number of pyridine rings is 1. The van der Waals surface area contributed by atoms with Gasteiger partial charge in [-0.15, -0.1) is 0 Å². The lowest BCUT2D eigenvalue weighted by Crippen LogP contribution is -2.46. The minimum atomic E-state index is -0.902. The first-order valence-electron chi connectivity index (χ1n) is 9.90. The van der Waals surface area contributed by atoms with Gasteiger partial charge in [-0.25, -0.2) is 23.4 Å². The summed E-state index contributed by atoms with van der Waals surface area (Å²) in [7, 11) is 1.31. The van der Waals surface area contributed by atoms with E-state index in [1.54, 1.807) is 16.7 Å². The Kier molecular flexibility index (Phi) is 5.98. The van der Waals surface area contributed by atoms with Crippen LogP contribution in [-0.4, -0.2) is 59.4 Å². The van der Waals surface area contributed by atoms with Crippen LogP contribution in [0.2, 0.25) is 0 Å². The van der Waals surface area contributed by atoms with Gasteiger partial charge in [0.25, 0.3) is 0 Å². The van der Waals surface area contributed by atoms with E-state index in [2.05, 4.69) is 9.98 Å². The molecule has 1 aromatic carbocycles. The Morgan fingerprint density at radius 1 is 1.34 bits per heavy atom. The molecule has 1 saturated heterocycles. The number of amides is 1. The van der Waals surface area contributed by atoms with Crippen LogP contribution in [0.5, 0.6) is 0 Å². The van der Waals surface area contributed by atoms with Crippen LogP contribution in [0.4, 0.5) is 19.3 Å². The topological polar surface area (TPSA) is 85.5 Å². The monoisotopic (exact) mass is 442 g/mol. The highest BCUT2D eigenvalue weighted by molar-refractivity contribution is 5.70.